The van der Waals surface area contributed by atoms with Gasteiger partial charge in [-0.1, -0.05) is 0 Å². The second-order valence-corrected chi connectivity index (χ2v) is 3.87. The van der Waals surface area contributed by atoms with E-state index in [0.717, 1.165) is 29.9 Å². The van der Waals surface area contributed by atoms with Gasteiger partial charge in [0.25, 0.3) is 0 Å². The molecule has 0 unspecified atom stereocenters. The average Bonchev–Trinajstić information content (AvgIpc) is 2.86. The smallest absolute Gasteiger partial charge is 0.316 e. The molecular formula is C12H12N4O. The lowest BCUT2D eigenvalue weighted by Crippen LogP contribution is -1.93. The van der Waals surface area contributed by atoms with Crippen LogP contribution in [-0.2, 0) is 6.42 Å². The molecule has 5 nitrogen and oxygen atoms in total. The summed E-state index contributed by atoms with van der Waals surface area (Å²) in [4.78, 5) is 12.6. The van der Waals surface area contributed by atoms with E-state index in [4.69, 9.17) is 4.74 Å². The van der Waals surface area contributed by atoms with Crippen LogP contribution in [0.4, 0.5) is 5.82 Å². The van der Waals surface area contributed by atoms with Crippen LogP contribution in [0.5, 0.6) is 6.01 Å². The molecule has 0 aliphatic carbocycles. The van der Waals surface area contributed by atoms with E-state index in [9.17, 15) is 0 Å². The van der Waals surface area contributed by atoms with Gasteiger partial charge in [0, 0.05) is 36.3 Å². The van der Waals surface area contributed by atoms with Gasteiger partial charge >= 0.3 is 6.01 Å². The van der Waals surface area contributed by atoms with Gasteiger partial charge in [0.05, 0.1) is 7.11 Å². The maximum absolute atomic E-state index is 4.93. The molecule has 0 amide bonds. The van der Waals surface area contributed by atoms with Crippen LogP contribution in [0.3, 0.4) is 0 Å². The average molecular weight is 228 g/mol. The third kappa shape index (κ3) is 1.80. The molecule has 3 rings (SSSR count). The van der Waals surface area contributed by atoms with Gasteiger partial charge in [-0.15, -0.1) is 0 Å². The Balaban J connectivity index is 1.97. The molecule has 0 saturated carbocycles. The minimum atomic E-state index is 0.379. The Morgan fingerprint density at radius 3 is 2.65 bits per heavy atom. The molecule has 0 fully saturated rings. The number of ether oxygens (including phenoxy) is 1. The van der Waals surface area contributed by atoms with Crippen molar-refractivity contribution in [2.24, 2.45) is 0 Å². The molecule has 0 bridgehead atoms. The highest BCUT2D eigenvalue weighted by Gasteiger charge is 2.12. The van der Waals surface area contributed by atoms with Crippen LogP contribution in [-0.4, -0.2) is 28.6 Å². The Labute approximate surface area is 98.9 Å². The van der Waals surface area contributed by atoms with Crippen molar-refractivity contribution in [2.45, 2.75) is 6.42 Å². The third-order valence-electron chi connectivity index (χ3n) is 2.80. The molecule has 1 N–H and O–H groups in total. The molecule has 0 spiro atoms. The normalized spacial score (nSPS) is 13.0. The number of nitrogens with one attached hydrogen (secondary N) is 1. The molecule has 2 aromatic rings. The van der Waals surface area contributed by atoms with E-state index in [-0.39, 0.29) is 0 Å². The lowest BCUT2D eigenvalue weighted by atomic mass is 10.1. The fourth-order valence-electron chi connectivity index (χ4n) is 1.90. The Morgan fingerprint density at radius 2 is 1.88 bits per heavy atom. The molecule has 86 valence electrons. The monoisotopic (exact) mass is 228 g/mol. The van der Waals surface area contributed by atoms with Crippen LogP contribution in [0.1, 0.15) is 5.56 Å². The number of methoxy groups -OCH3 is 1. The van der Waals surface area contributed by atoms with Crippen LogP contribution < -0.4 is 10.1 Å². The minimum Gasteiger partial charge on any atom is -0.467 e. The van der Waals surface area contributed by atoms with E-state index in [0.29, 0.717) is 6.01 Å². The Hall–Kier alpha value is -2.17. The predicted molar refractivity (Wildman–Crippen MR) is 64.0 cm³/mol. The van der Waals surface area contributed by atoms with Crippen LogP contribution >= 0.6 is 0 Å². The van der Waals surface area contributed by atoms with Crippen LogP contribution in [0.15, 0.2) is 24.7 Å². The molecular weight excluding hydrogens is 216 g/mol. The highest BCUT2D eigenvalue weighted by atomic mass is 16.5. The molecule has 0 aromatic carbocycles. The van der Waals surface area contributed by atoms with Gasteiger partial charge in [0.2, 0.25) is 0 Å². The number of hydrogen-bond donors (Lipinski definition) is 1. The van der Waals surface area contributed by atoms with Crippen molar-refractivity contribution in [3.8, 4) is 17.1 Å². The van der Waals surface area contributed by atoms with Crippen molar-refractivity contribution >= 4 is 5.82 Å². The Bertz CT molecular complexity index is 539. The van der Waals surface area contributed by atoms with Gasteiger partial charge < -0.3 is 10.1 Å². The highest BCUT2D eigenvalue weighted by Crippen LogP contribution is 2.25. The van der Waals surface area contributed by atoms with Crippen molar-refractivity contribution in [2.75, 3.05) is 19.0 Å². The van der Waals surface area contributed by atoms with Gasteiger partial charge in [-0.2, -0.15) is 0 Å². The van der Waals surface area contributed by atoms with Crippen molar-refractivity contribution in [3.63, 3.8) is 0 Å². The van der Waals surface area contributed by atoms with Gasteiger partial charge in [-0.3, -0.25) is 0 Å². The van der Waals surface area contributed by atoms with E-state index >= 15 is 0 Å². The van der Waals surface area contributed by atoms with Crippen molar-refractivity contribution in [1.82, 2.24) is 15.0 Å². The number of aromatic nitrogens is 3. The van der Waals surface area contributed by atoms with Gasteiger partial charge in [-0.25, -0.2) is 15.0 Å². The number of hydrogen-bond acceptors (Lipinski definition) is 5. The summed E-state index contributed by atoms with van der Waals surface area (Å²) < 4.78 is 4.93. The summed E-state index contributed by atoms with van der Waals surface area (Å²) >= 11 is 0. The third-order valence-corrected chi connectivity index (χ3v) is 2.80. The standard InChI is InChI=1S/C12H12N4O/c1-17-12-15-6-10(7-16-12)9-4-8-2-3-13-11(8)14-5-9/h4-7H,2-3H2,1H3,(H,13,14). The molecule has 0 saturated heterocycles. The fourth-order valence-corrected chi connectivity index (χ4v) is 1.90. The highest BCUT2D eigenvalue weighted by molar-refractivity contribution is 5.65. The van der Waals surface area contributed by atoms with Crippen LogP contribution in [0.25, 0.3) is 11.1 Å². The summed E-state index contributed by atoms with van der Waals surface area (Å²) in [5.41, 5.74) is 3.24. The molecule has 2 aromatic heterocycles. The summed E-state index contributed by atoms with van der Waals surface area (Å²) in [5, 5.41) is 3.23. The summed E-state index contributed by atoms with van der Waals surface area (Å²) in [7, 11) is 1.55. The molecule has 0 radical (unpaired) electrons. The van der Waals surface area contributed by atoms with E-state index < -0.39 is 0 Å². The quantitative estimate of drug-likeness (QED) is 0.844. The predicted octanol–water partition coefficient (Wildman–Crippen LogP) is 1.52. The van der Waals surface area contributed by atoms with E-state index in [2.05, 4.69) is 26.3 Å². The fraction of sp³-hybridized carbons (Fsp3) is 0.250. The zero-order chi connectivity index (χ0) is 11.7. The maximum atomic E-state index is 4.93. The molecule has 1 aliphatic rings. The van der Waals surface area contributed by atoms with Gasteiger partial charge in [-0.05, 0) is 18.1 Å². The first-order valence-corrected chi connectivity index (χ1v) is 5.46. The molecule has 3 heterocycles. The number of nitrogens with zero attached hydrogens (tertiary/aromatic N) is 3. The SMILES string of the molecule is COc1ncc(-c2cnc3c(c2)CCN3)cn1. The van der Waals surface area contributed by atoms with Gasteiger partial charge in [0.15, 0.2) is 0 Å². The van der Waals surface area contributed by atoms with Crippen molar-refractivity contribution in [1.29, 1.82) is 0 Å². The first-order chi connectivity index (χ1) is 8.36. The van der Waals surface area contributed by atoms with Gasteiger partial charge in [0.1, 0.15) is 5.82 Å². The summed E-state index contributed by atoms with van der Waals surface area (Å²) in [6, 6.07) is 2.51. The number of fused-ring (bicyclic) bond motifs is 1. The zero-order valence-corrected chi connectivity index (χ0v) is 9.47. The summed E-state index contributed by atoms with van der Waals surface area (Å²) in [6.45, 7) is 0.963. The zero-order valence-electron chi connectivity index (χ0n) is 9.47. The molecule has 5 heteroatoms. The van der Waals surface area contributed by atoms with E-state index in [1.54, 1.807) is 19.5 Å². The Morgan fingerprint density at radius 1 is 1.12 bits per heavy atom. The Kier molecular flexibility index (Phi) is 2.36. The first-order valence-electron chi connectivity index (χ1n) is 5.46. The first kappa shape index (κ1) is 10.0. The number of pyridine rings is 1. The lowest BCUT2D eigenvalue weighted by molar-refractivity contribution is 0.380. The van der Waals surface area contributed by atoms with E-state index in [1.165, 1.54) is 5.56 Å². The number of anilines is 1. The summed E-state index contributed by atoms with van der Waals surface area (Å²) in [5.74, 6) is 0.989. The van der Waals surface area contributed by atoms with Crippen LogP contribution in [0.2, 0.25) is 0 Å². The second-order valence-electron chi connectivity index (χ2n) is 3.87. The van der Waals surface area contributed by atoms with Crippen LogP contribution in [0, 0.1) is 0 Å². The molecule has 1 aliphatic heterocycles. The van der Waals surface area contributed by atoms with E-state index in [1.807, 2.05) is 6.20 Å². The maximum Gasteiger partial charge on any atom is 0.316 e. The molecule has 17 heavy (non-hydrogen) atoms. The summed E-state index contributed by atoms with van der Waals surface area (Å²) in [6.07, 6.45) is 6.35. The van der Waals surface area contributed by atoms with Crippen molar-refractivity contribution in [3.05, 3.63) is 30.2 Å². The second kappa shape index (κ2) is 4.01. The van der Waals surface area contributed by atoms with Crippen molar-refractivity contribution < 1.29 is 4.74 Å². The minimum absolute atomic E-state index is 0.379. The largest absolute Gasteiger partial charge is 0.467 e. The number of rotatable bonds is 2. The molecule has 0 atom stereocenters. The lowest BCUT2D eigenvalue weighted by Gasteiger charge is -2.04. The topological polar surface area (TPSA) is 59.9 Å².